The Kier molecular flexibility index (Phi) is 7.06. The molecule has 6 heteroatoms. The Morgan fingerprint density at radius 1 is 1.00 bits per heavy atom. The van der Waals surface area contributed by atoms with Gasteiger partial charge in [-0.1, -0.05) is 30.3 Å². The van der Waals surface area contributed by atoms with E-state index in [9.17, 15) is 8.42 Å². The van der Waals surface area contributed by atoms with Gasteiger partial charge in [-0.3, -0.25) is 4.72 Å². The second-order valence-corrected chi connectivity index (χ2v) is 8.44. The molecule has 2 aromatic carbocycles. The number of rotatable bonds is 9. The van der Waals surface area contributed by atoms with Crippen LogP contribution in [0, 0.1) is 13.8 Å². The first-order valence-corrected chi connectivity index (χ1v) is 10.6. The minimum atomic E-state index is -3.23. The molecule has 2 rings (SSSR count). The first-order valence-electron chi connectivity index (χ1n) is 8.69. The fourth-order valence-corrected chi connectivity index (χ4v) is 3.28. The fourth-order valence-electron chi connectivity index (χ4n) is 2.72. The normalized spacial score (nSPS) is 11.6. The van der Waals surface area contributed by atoms with E-state index in [-0.39, 0.29) is 0 Å². The third-order valence-electron chi connectivity index (χ3n) is 4.17. The molecule has 0 aliphatic carbocycles. The Balaban J connectivity index is 1.75. The van der Waals surface area contributed by atoms with E-state index in [4.69, 9.17) is 4.74 Å². The lowest BCUT2D eigenvalue weighted by molar-refractivity contribution is 0.237. The molecule has 0 amide bonds. The molecule has 0 heterocycles. The molecule has 0 aliphatic rings. The minimum absolute atomic E-state index is 0.589. The molecular weight excluding hydrogens is 348 g/mol. The van der Waals surface area contributed by atoms with E-state index in [1.807, 2.05) is 18.2 Å². The van der Waals surface area contributed by atoms with Gasteiger partial charge in [0.15, 0.2) is 0 Å². The number of nitrogens with zero attached hydrogens (tertiary/aromatic N) is 1. The van der Waals surface area contributed by atoms with Crippen molar-refractivity contribution in [3.63, 3.8) is 0 Å². The van der Waals surface area contributed by atoms with E-state index in [1.54, 1.807) is 12.1 Å². The van der Waals surface area contributed by atoms with Gasteiger partial charge in [-0.2, -0.15) is 0 Å². The summed E-state index contributed by atoms with van der Waals surface area (Å²) in [7, 11) is -1.15. The van der Waals surface area contributed by atoms with Gasteiger partial charge in [0.2, 0.25) is 10.0 Å². The van der Waals surface area contributed by atoms with Crippen molar-refractivity contribution in [2.45, 2.75) is 20.3 Å². The number of anilines is 1. The monoisotopic (exact) mass is 376 g/mol. The van der Waals surface area contributed by atoms with Gasteiger partial charge in [0, 0.05) is 18.8 Å². The van der Waals surface area contributed by atoms with Crippen LogP contribution in [0.25, 0.3) is 0 Å². The number of benzene rings is 2. The van der Waals surface area contributed by atoms with Crippen molar-refractivity contribution in [3.05, 3.63) is 59.2 Å². The Morgan fingerprint density at radius 2 is 1.62 bits per heavy atom. The van der Waals surface area contributed by atoms with Gasteiger partial charge in [-0.05, 0) is 56.1 Å². The molecule has 0 saturated carbocycles. The summed E-state index contributed by atoms with van der Waals surface area (Å²) in [6, 6.07) is 13.7. The van der Waals surface area contributed by atoms with Crippen LogP contribution in [0.3, 0.4) is 0 Å². The van der Waals surface area contributed by atoms with Crippen LogP contribution in [0.5, 0.6) is 5.75 Å². The molecule has 142 valence electrons. The molecule has 5 nitrogen and oxygen atoms in total. The molecule has 0 radical (unpaired) electrons. The highest BCUT2D eigenvalue weighted by molar-refractivity contribution is 7.92. The summed E-state index contributed by atoms with van der Waals surface area (Å²) in [5.41, 5.74) is 4.09. The molecule has 0 spiro atoms. The lowest BCUT2D eigenvalue weighted by Gasteiger charge is -2.18. The number of hydrogen-bond acceptors (Lipinski definition) is 4. The highest BCUT2D eigenvalue weighted by Crippen LogP contribution is 2.22. The van der Waals surface area contributed by atoms with Crippen molar-refractivity contribution < 1.29 is 13.2 Å². The van der Waals surface area contributed by atoms with Crippen LogP contribution in [0.1, 0.15) is 16.7 Å². The average molecular weight is 377 g/mol. The van der Waals surface area contributed by atoms with Crippen LogP contribution < -0.4 is 9.46 Å². The summed E-state index contributed by atoms with van der Waals surface area (Å²) < 4.78 is 30.8. The van der Waals surface area contributed by atoms with Crippen LogP contribution in [-0.4, -0.2) is 46.3 Å². The quantitative estimate of drug-likeness (QED) is 0.730. The van der Waals surface area contributed by atoms with Crippen molar-refractivity contribution in [2.75, 3.05) is 37.7 Å². The summed E-state index contributed by atoms with van der Waals surface area (Å²) in [6.07, 6.45) is 2.05. The van der Waals surface area contributed by atoms with Crippen molar-refractivity contribution in [2.24, 2.45) is 0 Å². The highest BCUT2D eigenvalue weighted by atomic mass is 32.2. The number of para-hydroxylation sites is 1. The van der Waals surface area contributed by atoms with Crippen LogP contribution >= 0.6 is 0 Å². The standard InChI is InChI=1S/C20H28N2O3S/c1-16-6-5-7-17(2)20(16)25-15-14-22(3)13-12-18-8-10-19(11-9-18)21-26(4,23)24/h5-11,21H,12-15H2,1-4H3. The van der Waals surface area contributed by atoms with Crippen LogP contribution in [0.2, 0.25) is 0 Å². The van der Waals surface area contributed by atoms with Crippen LogP contribution in [0.15, 0.2) is 42.5 Å². The summed E-state index contributed by atoms with van der Waals surface area (Å²) in [4.78, 5) is 2.23. The lowest BCUT2D eigenvalue weighted by Crippen LogP contribution is -2.26. The second kappa shape index (κ2) is 9.05. The Hall–Kier alpha value is -2.05. The van der Waals surface area contributed by atoms with Crippen molar-refractivity contribution in [1.82, 2.24) is 4.90 Å². The van der Waals surface area contributed by atoms with E-state index >= 15 is 0 Å². The van der Waals surface area contributed by atoms with Gasteiger partial charge in [0.05, 0.1) is 6.26 Å². The summed E-state index contributed by atoms with van der Waals surface area (Å²) in [5, 5.41) is 0. The van der Waals surface area contributed by atoms with E-state index < -0.39 is 10.0 Å². The van der Waals surface area contributed by atoms with Crippen molar-refractivity contribution >= 4 is 15.7 Å². The number of nitrogens with one attached hydrogen (secondary N) is 1. The van der Waals surface area contributed by atoms with Crippen LogP contribution in [-0.2, 0) is 16.4 Å². The van der Waals surface area contributed by atoms with Gasteiger partial charge < -0.3 is 9.64 Å². The van der Waals surface area contributed by atoms with Gasteiger partial charge in [-0.15, -0.1) is 0 Å². The zero-order chi connectivity index (χ0) is 19.2. The Labute approximate surface area is 157 Å². The number of aryl methyl sites for hydroxylation is 2. The summed E-state index contributed by atoms with van der Waals surface area (Å²) in [5.74, 6) is 0.981. The largest absolute Gasteiger partial charge is 0.492 e. The Bertz CT molecular complexity index is 797. The molecule has 0 aromatic heterocycles. The minimum Gasteiger partial charge on any atom is -0.492 e. The lowest BCUT2D eigenvalue weighted by atomic mass is 10.1. The third kappa shape index (κ3) is 6.69. The first kappa shape index (κ1) is 20.3. The molecule has 0 atom stereocenters. The molecule has 26 heavy (non-hydrogen) atoms. The maximum atomic E-state index is 11.2. The summed E-state index contributed by atoms with van der Waals surface area (Å²) in [6.45, 7) is 6.54. The fraction of sp³-hybridized carbons (Fsp3) is 0.400. The highest BCUT2D eigenvalue weighted by Gasteiger charge is 2.05. The van der Waals surface area contributed by atoms with Crippen LogP contribution in [0.4, 0.5) is 5.69 Å². The predicted octanol–water partition coefficient (Wildman–Crippen LogP) is 3.23. The number of hydrogen-bond donors (Lipinski definition) is 1. The third-order valence-corrected chi connectivity index (χ3v) is 4.77. The SMILES string of the molecule is Cc1cccc(C)c1OCCN(C)CCc1ccc(NS(C)(=O)=O)cc1. The molecule has 2 aromatic rings. The maximum absolute atomic E-state index is 11.2. The molecule has 0 bridgehead atoms. The number of ether oxygens (including phenoxy) is 1. The molecule has 0 aliphatic heterocycles. The molecule has 0 unspecified atom stereocenters. The molecule has 1 N–H and O–H groups in total. The summed E-state index contributed by atoms with van der Waals surface area (Å²) >= 11 is 0. The zero-order valence-electron chi connectivity index (χ0n) is 16.0. The van der Waals surface area contributed by atoms with E-state index in [0.29, 0.717) is 12.3 Å². The second-order valence-electron chi connectivity index (χ2n) is 6.69. The topological polar surface area (TPSA) is 58.6 Å². The predicted molar refractivity (Wildman–Crippen MR) is 108 cm³/mol. The number of likely N-dealkylation sites (N-methyl/N-ethyl adjacent to an activating group) is 1. The molecular formula is C20H28N2O3S. The van der Waals surface area contributed by atoms with Gasteiger partial charge >= 0.3 is 0 Å². The zero-order valence-corrected chi connectivity index (χ0v) is 16.8. The van der Waals surface area contributed by atoms with Crippen molar-refractivity contribution in [3.8, 4) is 5.75 Å². The number of sulfonamides is 1. The first-order chi connectivity index (χ1) is 12.2. The van der Waals surface area contributed by atoms with Gasteiger partial charge in [0.1, 0.15) is 12.4 Å². The smallest absolute Gasteiger partial charge is 0.229 e. The average Bonchev–Trinajstić information content (AvgIpc) is 2.55. The maximum Gasteiger partial charge on any atom is 0.229 e. The van der Waals surface area contributed by atoms with Crippen molar-refractivity contribution in [1.29, 1.82) is 0 Å². The van der Waals surface area contributed by atoms with Gasteiger partial charge in [0.25, 0.3) is 0 Å². The Morgan fingerprint density at radius 3 is 2.19 bits per heavy atom. The van der Waals surface area contributed by atoms with E-state index in [0.717, 1.165) is 42.6 Å². The molecule has 0 saturated heterocycles. The van der Waals surface area contributed by atoms with E-state index in [2.05, 4.69) is 42.6 Å². The molecule has 0 fully saturated rings. The van der Waals surface area contributed by atoms with E-state index in [1.165, 1.54) is 5.56 Å². The van der Waals surface area contributed by atoms with Gasteiger partial charge in [-0.25, -0.2) is 8.42 Å².